The summed E-state index contributed by atoms with van der Waals surface area (Å²) in [7, 11) is 0. The minimum atomic E-state index is -0.868. The SMILES string of the molecule is O=C(O)CCCNC(=O)CCC1(NC(=O)OCC2c3ccccc3-c3ccccc32)CCCCC1. The van der Waals surface area contributed by atoms with E-state index in [-0.39, 0.29) is 31.3 Å². The predicted molar refractivity (Wildman–Crippen MR) is 133 cm³/mol. The van der Waals surface area contributed by atoms with Gasteiger partial charge in [0.15, 0.2) is 0 Å². The molecule has 1 fully saturated rings. The van der Waals surface area contributed by atoms with E-state index in [0.29, 0.717) is 19.4 Å². The molecule has 4 rings (SSSR count). The number of amides is 2. The minimum absolute atomic E-state index is 0.00651. The Morgan fingerprint density at radius 3 is 2.17 bits per heavy atom. The molecule has 2 aromatic carbocycles. The summed E-state index contributed by atoms with van der Waals surface area (Å²) in [5, 5.41) is 14.6. The van der Waals surface area contributed by atoms with Gasteiger partial charge < -0.3 is 20.5 Å². The smallest absolute Gasteiger partial charge is 0.407 e. The first-order chi connectivity index (χ1) is 17.0. The number of benzene rings is 2. The number of alkyl carbamates (subject to hydrolysis) is 1. The summed E-state index contributed by atoms with van der Waals surface area (Å²) in [5.74, 6) is -0.977. The van der Waals surface area contributed by atoms with Crippen LogP contribution < -0.4 is 10.6 Å². The van der Waals surface area contributed by atoms with Gasteiger partial charge in [0.05, 0.1) is 0 Å². The van der Waals surface area contributed by atoms with Gasteiger partial charge in [-0.25, -0.2) is 4.79 Å². The zero-order valence-electron chi connectivity index (χ0n) is 20.1. The van der Waals surface area contributed by atoms with Crippen molar-refractivity contribution in [3.05, 3.63) is 59.7 Å². The Bertz CT molecular complexity index is 1020. The molecule has 7 nitrogen and oxygen atoms in total. The van der Waals surface area contributed by atoms with E-state index in [1.807, 2.05) is 24.3 Å². The van der Waals surface area contributed by atoms with E-state index in [1.165, 1.54) is 22.3 Å². The molecule has 2 aliphatic rings. The third kappa shape index (κ3) is 6.21. The summed E-state index contributed by atoms with van der Waals surface area (Å²) in [6.45, 7) is 0.609. The summed E-state index contributed by atoms with van der Waals surface area (Å²) in [6, 6.07) is 16.5. The Morgan fingerprint density at radius 1 is 0.914 bits per heavy atom. The summed E-state index contributed by atoms with van der Waals surface area (Å²) in [4.78, 5) is 35.8. The Hall–Kier alpha value is -3.35. The summed E-state index contributed by atoms with van der Waals surface area (Å²) < 4.78 is 5.77. The highest BCUT2D eigenvalue weighted by Gasteiger charge is 2.35. The Kier molecular flexibility index (Phi) is 8.06. The molecule has 1 saturated carbocycles. The van der Waals surface area contributed by atoms with Gasteiger partial charge in [0.2, 0.25) is 5.91 Å². The molecule has 0 bridgehead atoms. The fraction of sp³-hybridized carbons (Fsp3) is 0.464. The second kappa shape index (κ2) is 11.4. The molecule has 0 radical (unpaired) electrons. The lowest BCUT2D eigenvalue weighted by Gasteiger charge is -2.37. The topological polar surface area (TPSA) is 105 Å². The Balaban J connectivity index is 1.33. The molecular formula is C28H34N2O5. The number of ether oxygens (including phenoxy) is 1. The van der Waals surface area contributed by atoms with Gasteiger partial charge in [-0.2, -0.15) is 0 Å². The lowest BCUT2D eigenvalue weighted by atomic mass is 9.78. The third-order valence-electron chi connectivity index (χ3n) is 7.24. The van der Waals surface area contributed by atoms with Crippen LogP contribution in [0.2, 0.25) is 0 Å². The van der Waals surface area contributed by atoms with Gasteiger partial charge in [-0.15, -0.1) is 0 Å². The maximum absolute atomic E-state index is 12.9. The van der Waals surface area contributed by atoms with E-state index in [9.17, 15) is 14.4 Å². The second-order valence-electron chi connectivity index (χ2n) is 9.64. The maximum Gasteiger partial charge on any atom is 0.407 e. The lowest BCUT2D eigenvalue weighted by molar-refractivity contribution is -0.137. The molecule has 186 valence electrons. The third-order valence-corrected chi connectivity index (χ3v) is 7.24. The van der Waals surface area contributed by atoms with Crippen LogP contribution in [0.25, 0.3) is 11.1 Å². The molecule has 2 aliphatic carbocycles. The lowest BCUT2D eigenvalue weighted by Crippen LogP contribution is -2.50. The molecular weight excluding hydrogens is 444 g/mol. The van der Waals surface area contributed by atoms with Crippen molar-refractivity contribution in [2.75, 3.05) is 13.2 Å². The quantitative estimate of drug-likeness (QED) is 0.417. The summed E-state index contributed by atoms with van der Waals surface area (Å²) in [6.07, 6.45) is 5.61. The van der Waals surface area contributed by atoms with Crippen molar-refractivity contribution in [2.45, 2.75) is 69.2 Å². The molecule has 0 saturated heterocycles. The van der Waals surface area contributed by atoms with Crippen molar-refractivity contribution < 1.29 is 24.2 Å². The monoisotopic (exact) mass is 478 g/mol. The number of hydrogen-bond acceptors (Lipinski definition) is 4. The van der Waals surface area contributed by atoms with Gasteiger partial charge in [-0.1, -0.05) is 67.8 Å². The molecule has 0 atom stereocenters. The number of fused-ring (bicyclic) bond motifs is 3. The average Bonchev–Trinajstić information content (AvgIpc) is 3.18. The zero-order valence-corrected chi connectivity index (χ0v) is 20.1. The number of carboxylic acid groups (broad SMARTS) is 1. The van der Waals surface area contributed by atoms with E-state index in [2.05, 4.69) is 34.9 Å². The molecule has 0 aromatic heterocycles. The van der Waals surface area contributed by atoms with Crippen LogP contribution in [0.3, 0.4) is 0 Å². The zero-order chi connectivity index (χ0) is 24.7. The number of hydrogen-bond donors (Lipinski definition) is 3. The Labute approximate surface area is 206 Å². The average molecular weight is 479 g/mol. The van der Waals surface area contributed by atoms with Gasteiger partial charge in [0.25, 0.3) is 0 Å². The van der Waals surface area contributed by atoms with Crippen LogP contribution in [0.5, 0.6) is 0 Å². The van der Waals surface area contributed by atoms with Gasteiger partial charge in [0.1, 0.15) is 6.61 Å². The van der Waals surface area contributed by atoms with Crippen LogP contribution in [0.4, 0.5) is 4.79 Å². The molecule has 0 spiro atoms. The number of carboxylic acids is 1. The highest BCUT2D eigenvalue weighted by molar-refractivity contribution is 5.79. The van der Waals surface area contributed by atoms with Crippen molar-refractivity contribution in [3.63, 3.8) is 0 Å². The fourth-order valence-corrected chi connectivity index (χ4v) is 5.43. The van der Waals surface area contributed by atoms with Gasteiger partial charge in [-0.3, -0.25) is 9.59 Å². The van der Waals surface area contributed by atoms with Crippen LogP contribution in [-0.2, 0) is 14.3 Å². The first-order valence-electron chi connectivity index (χ1n) is 12.6. The molecule has 0 heterocycles. The van der Waals surface area contributed by atoms with Crippen LogP contribution in [0, 0.1) is 0 Å². The van der Waals surface area contributed by atoms with E-state index in [1.54, 1.807) is 0 Å². The molecule has 2 amide bonds. The predicted octanol–water partition coefficient (Wildman–Crippen LogP) is 4.99. The fourth-order valence-electron chi connectivity index (χ4n) is 5.43. The van der Waals surface area contributed by atoms with Crippen LogP contribution >= 0.6 is 0 Å². The van der Waals surface area contributed by atoms with Gasteiger partial charge >= 0.3 is 12.1 Å². The van der Waals surface area contributed by atoms with Crippen molar-refractivity contribution in [1.29, 1.82) is 0 Å². The Morgan fingerprint density at radius 2 is 1.54 bits per heavy atom. The van der Waals surface area contributed by atoms with Crippen molar-refractivity contribution >= 4 is 18.0 Å². The van der Waals surface area contributed by atoms with Crippen LogP contribution in [0.15, 0.2) is 48.5 Å². The van der Waals surface area contributed by atoms with Crippen LogP contribution in [-0.4, -0.2) is 41.8 Å². The summed E-state index contributed by atoms with van der Waals surface area (Å²) >= 11 is 0. The highest BCUT2D eigenvalue weighted by atomic mass is 16.5. The van der Waals surface area contributed by atoms with Crippen LogP contribution in [0.1, 0.15) is 74.8 Å². The van der Waals surface area contributed by atoms with Crippen molar-refractivity contribution in [2.24, 2.45) is 0 Å². The van der Waals surface area contributed by atoms with E-state index in [4.69, 9.17) is 9.84 Å². The maximum atomic E-state index is 12.9. The number of aliphatic carboxylic acids is 1. The summed E-state index contributed by atoms with van der Waals surface area (Å²) in [5.41, 5.74) is 4.28. The number of nitrogens with one attached hydrogen (secondary N) is 2. The highest BCUT2D eigenvalue weighted by Crippen LogP contribution is 2.44. The standard InChI is InChI=1S/C28H34N2O5/c31-25(29-18-8-13-26(32)33)14-17-28(15-6-1-7-16-28)30-27(34)35-19-24-22-11-4-2-9-20(22)21-10-3-5-12-23(21)24/h2-5,9-12,24H,1,6-8,13-19H2,(H,29,31)(H,30,34)(H,32,33). The molecule has 2 aromatic rings. The number of carbonyl (C=O) groups is 3. The second-order valence-corrected chi connectivity index (χ2v) is 9.64. The molecule has 3 N–H and O–H groups in total. The largest absolute Gasteiger partial charge is 0.481 e. The molecule has 7 heteroatoms. The van der Waals surface area contributed by atoms with E-state index < -0.39 is 17.6 Å². The molecule has 35 heavy (non-hydrogen) atoms. The van der Waals surface area contributed by atoms with Crippen molar-refractivity contribution in [1.82, 2.24) is 10.6 Å². The minimum Gasteiger partial charge on any atom is -0.481 e. The molecule has 0 aliphatic heterocycles. The number of carbonyl (C=O) groups excluding carboxylic acids is 2. The van der Waals surface area contributed by atoms with E-state index >= 15 is 0 Å². The molecule has 0 unspecified atom stereocenters. The number of rotatable bonds is 10. The first kappa shape index (κ1) is 24.8. The normalized spacial score (nSPS) is 16.1. The van der Waals surface area contributed by atoms with Gasteiger partial charge in [-0.05, 0) is 47.9 Å². The first-order valence-corrected chi connectivity index (χ1v) is 12.6. The van der Waals surface area contributed by atoms with Gasteiger partial charge in [0, 0.05) is 30.8 Å². The van der Waals surface area contributed by atoms with E-state index in [0.717, 1.165) is 32.1 Å². The van der Waals surface area contributed by atoms with Crippen molar-refractivity contribution in [3.8, 4) is 11.1 Å².